The number of aryl methyl sites for hydroxylation is 1. The Morgan fingerprint density at radius 2 is 2.11 bits per heavy atom. The molecule has 1 aliphatic rings. The highest BCUT2D eigenvalue weighted by molar-refractivity contribution is 7.21. The van der Waals surface area contributed by atoms with E-state index in [0.29, 0.717) is 10.6 Å². The molecule has 19 heavy (non-hydrogen) atoms. The van der Waals surface area contributed by atoms with E-state index in [9.17, 15) is 4.79 Å². The first-order valence-electron chi connectivity index (χ1n) is 6.45. The standard InChI is InChI=1S/C14H17N3OS/c1-9-2-3-10-11(8-9)19-13(12(10)15)14(18)17-6-4-16-5-7-17/h2-3,8,16H,4-7,15H2,1H3. The summed E-state index contributed by atoms with van der Waals surface area (Å²) in [6.45, 7) is 5.27. The van der Waals surface area contributed by atoms with Crippen molar-refractivity contribution in [2.75, 3.05) is 31.9 Å². The molecule has 1 aromatic heterocycles. The van der Waals surface area contributed by atoms with Crippen LogP contribution in [0.5, 0.6) is 0 Å². The quantitative estimate of drug-likeness (QED) is 0.835. The Kier molecular flexibility index (Phi) is 3.16. The second kappa shape index (κ2) is 4.83. The number of nitrogens with zero attached hydrogens (tertiary/aromatic N) is 1. The number of nitrogen functional groups attached to an aromatic ring is 1. The van der Waals surface area contributed by atoms with Crippen LogP contribution in [0.2, 0.25) is 0 Å². The largest absolute Gasteiger partial charge is 0.397 e. The summed E-state index contributed by atoms with van der Waals surface area (Å²) in [7, 11) is 0. The molecule has 0 radical (unpaired) electrons. The van der Waals surface area contributed by atoms with Crippen molar-refractivity contribution >= 4 is 33.0 Å². The van der Waals surface area contributed by atoms with Crippen molar-refractivity contribution in [1.29, 1.82) is 0 Å². The van der Waals surface area contributed by atoms with E-state index in [1.165, 1.54) is 16.9 Å². The first-order chi connectivity index (χ1) is 9.16. The predicted molar refractivity (Wildman–Crippen MR) is 79.7 cm³/mol. The van der Waals surface area contributed by atoms with Crippen molar-refractivity contribution in [1.82, 2.24) is 10.2 Å². The second-order valence-electron chi connectivity index (χ2n) is 4.89. The van der Waals surface area contributed by atoms with Gasteiger partial charge in [-0.2, -0.15) is 0 Å². The minimum atomic E-state index is 0.0675. The minimum absolute atomic E-state index is 0.0675. The van der Waals surface area contributed by atoms with Gasteiger partial charge in [0.1, 0.15) is 4.88 Å². The number of thiophene rings is 1. The lowest BCUT2D eigenvalue weighted by Crippen LogP contribution is -2.46. The Balaban J connectivity index is 2.00. The number of rotatable bonds is 1. The Hall–Kier alpha value is -1.59. The van der Waals surface area contributed by atoms with E-state index in [4.69, 9.17) is 5.73 Å². The van der Waals surface area contributed by atoms with E-state index in [0.717, 1.165) is 36.3 Å². The molecule has 100 valence electrons. The number of hydrogen-bond acceptors (Lipinski definition) is 4. The molecule has 2 heterocycles. The highest BCUT2D eigenvalue weighted by atomic mass is 32.1. The highest BCUT2D eigenvalue weighted by Gasteiger charge is 2.23. The number of piperazine rings is 1. The molecule has 5 heteroatoms. The molecular formula is C14H17N3OS. The summed E-state index contributed by atoms with van der Waals surface area (Å²) in [6, 6.07) is 6.13. The monoisotopic (exact) mass is 275 g/mol. The molecule has 0 aliphatic carbocycles. The molecule has 2 aromatic rings. The molecule has 0 spiro atoms. The zero-order chi connectivity index (χ0) is 13.4. The normalized spacial score (nSPS) is 15.9. The number of anilines is 1. The molecule has 1 fully saturated rings. The molecular weight excluding hydrogens is 258 g/mol. The Labute approximate surface area is 116 Å². The Morgan fingerprint density at radius 3 is 2.84 bits per heavy atom. The van der Waals surface area contributed by atoms with Crippen molar-refractivity contribution in [3.05, 3.63) is 28.6 Å². The van der Waals surface area contributed by atoms with Gasteiger partial charge >= 0.3 is 0 Å². The molecule has 0 saturated carbocycles. The summed E-state index contributed by atoms with van der Waals surface area (Å²) in [5.74, 6) is 0.0675. The number of nitrogens with two attached hydrogens (primary N) is 1. The van der Waals surface area contributed by atoms with E-state index < -0.39 is 0 Å². The van der Waals surface area contributed by atoms with Gasteiger partial charge in [-0.25, -0.2) is 0 Å². The molecule has 1 amide bonds. The summed E-state index contributed by atoms with van der Waals surface area (Å²) in [5, 5.41) is 4.24. The lowest BCUT2D eigenvalue weighted by molar-refractivity contribution is 0.0741. The summed E-state index contributed by atoms with van der Waals surface area (Å²) >= 11 is 1.50. The molecule has 1 saturated heterocycles. The van der Waals surface area contributed by atoms with Crippen LogP contribution in [0, 0.1) is 6.92 Å². The van der Waals surface area contributed by atoms with Crippen LogP contribution in [0.25, 0.3) is 10.1 Å². The number of carbonyl (C=O) groups excluding carboxylic acids is 1. The van der Waals surface area contributed by atoms with E-state index in [2.05, 4.69) is 11.4 Å². The third-order valence-corrected chi connectivity index (χ3v) is 4.64. The maximum absolute atomic E-state index is 12.5. The number of carbonyl (C=O) groups is 1. The van der Waals surface area contributed by atoms with Gasteiger partial charge in [0.15, 0.2) is 0 Å². The molecule has 3 N–H and O–H groups in total. The van der Waals surface area contributed by atoms with Gasteiger partial charge in [0.2, 0.25) is 0 Å². The summed E-state index contributed by atoms with van der Waals surface area (Å²) in [6.07, 6.45) is 0. The van der Waals surface area contributed by atoms with Crippen molar-refractivity contribution < 1.29 is 4.79 Å². The van der Waals surface area contributed by atoms with Crippen LogP contribution in [0.4, 0.5) is 5.69 Å². The molecule has 1 aliphatic heterocycles. The first-order valence-corrected chi connectivity index (χ1v) is 7.27. The maximum atomic E-state index is 12.5. The minimum Gasteiger partial charge on any atom is -0.397 e. The third-order valence-electron chi connectivity index (χ3n) is 3.48. The molecule has 1 aromatic carbocycles. The number of benzene rings is 1. The molecule has 0 bridgehead atoms. The molecule has 3 rings (SSSR count). The SMILES string of the molecule is Cc1ccc2c(N)c(C(=O)N3CCNCC3)sc2c1. The van der Waals surface area contributed by atoms with E-state index in [1.54, 1.807) is 0 Å². The van der Waals surface area contributed by atoms with Gasteiger partial charge in [-0.05, 0) is 18.6 Å². The summed E-state index contributed by atoms with van der Waals surface area (Å²) < 4.78 is 1.09. The smallest absolute Gasteiger partial charge is 0.266 e. The van der Waals surface area contributed by atoms with Crippen LogP contribution in [0.1, 0.15) is 15.2 Å². The topological polar surface area (TPSA) is 58.4 Å². The third kappa shape index (κ3) is 2.19. The van der Waals surface area contributed by atoms with Gasteiger partial charge in [0, 0.05) is 36.3 Å². The van der Waals surface area contributed by atoms with Gasteiger partial charge in [-0.15, -0.1) is 11.3 Å². The fourth-order valence-electron chi connectivity index (χ4n) is 2.39. The zero-order valence-electron chi connectivity index (χ0n) is 10.9. The van der Waals surface area contributed by atoms with Gasteiger partial charge in [-0.3, -0.25) is 4.79 Å². The van der Waals surface area contributed by atoms with Crippen LogP contribution < -0.4 is 11.1 Å². The number of amides is 1. The van der Waals surface area contributed by atoms with Gasteiger partial charge in [-0.1, -0.05) is 12.1 Å². The van der Waals surface area contributed by atoms with Crippen molar-refractivity contribution in [3.8, 4) is 0 Å². The number of nitrogens with one attached hydrogen (secondary N) is 1. The fraction of sp³-hybridized carbons (Fsp3) is 0.357. The summed E-state index contributed by atoms with van der Waals surface area (Å²) in [4.78, 5) is 15.1. The van der Waals surface area contributed by atoms with E-state index in [-0.39, 0.29) is 5.91 Å². The van der Waals surface area contributed by atoms with Crippen molar-refractivity contribution in [2.24, 2.45) is 0 Å². The van der Waals surface area contributed by atoms with Gasteiger partial charge < -0.3 is 16.0 Å². The Morgan fingerprint density at radius 1 is 1.37 bits per heavy atom. The van der Waals surface area contributed by atoms with Crippen LogP contribution in [-0.4, -0.2) is 37.0 Å². The maximum Gasteiger partial charge on any atom is 0.266 e. The second-order valence-corrected chi connectivity index (χ2v) is 5.94. The number of hydrogen-bond donors (Lipinski definition) is 2. The average Bonchev–Trinajstić information content (AvgIpc) is 2.75. The van der Waals surface area contributed by atoms with Crippen LogP contribution in [-0.2, 0) is 0 Å². The first kappa shape index (κ1) is 12.4. The molecule has 4 nitrogen and oxygen atoms in total. The molecule has 0 unspecified atom stereocenters. The van der Waals surface area contributed by atoms with Crippen LogP contribution >= 0.6 is 11.3 Å². The lowest BCUT2D eigenvalue weighted by Gasteiger charge is -2.27. The zero-order valence-corrected chi connectivity index (χ0v) is 11.7. The average molecular weight is 275 g/mol. The van der Waals surface area contributed by atoms with Gasteiger partial charge in [0.05, 0.1) is 5.69 Å². The van der Waals surface area contributed by atoms with E-state index >= 15 is 0 Å². The lowest BCUT2D eigenvalue weighted by atomic mass is 10.1. The van der Waals surface area contributed by atoms with Crippen LogP contribution in [0.15, 0.2) is 18.2 Å². The fourth-order valence-corrected chi connectivity index (χ4v) is 3.58. The summed E-state index contributed by atoms with van der Waals surface area (Å²) in [5.41, 5.74) is 7.96. The Bertz CT molecular complexity index is 629. The van der Waals surface area contributed by atoms with Crippen molar-refractivity contribution in [2.45, 2.75) is 6.92 Å². The van der Waals surface area contributed by atoms with Crippen LogP contribution in [0.3, 0.4) is 0 Å². The highest BCUT2D eigenvalue weighted by Crippen LogP contribution is 2.34. The number of fused-ring (bicyclic) bond motifs is 1. The molecule has 0 atom stereocenters. The van der Waals surface area contributed by atoms with Gasteiger partial charge in [0.25, 0.3) is 5.91 Å². The van der Waals surface area contributed by atoms with E-state index in [1.807, 2.05) is 24.0 Å². The van der Waals surface area contributed by atoms with Crippen molar-refractivity contribution in [3.63, 3.8) is 0 Å². The predicted octanol–water partition coefficient (Wildman–Crippen LogP) is 1.84.